The van der Waals surface area contributed by atoms with Gasteiger partial charge in [-0.3, -0.25) is 4.79 Å². The molecule has 0 bridgehead atoms. The minimum absolute atomic E-state index is 0.435. The molecule has 12 heavy (non-hydrogen) atoms. The molecule has 0 aliphatic heterocycles. The van der Waals surface area contributed by atoms with E-state index in [2.05, 4.69) is 5.16 Å². The van der Waals surface area contributed by atoms with Crippen molar-refractivity contribution in [2.24, 2.45) is 10.9 Å². The van der Waals surface area contributed by atoms with Gasteiger partial charge in [-0.25, -0.2) is 0 Å². The number of rotatable bonds is 2. The smallest absolute Gasteiger partial charge is 0.248 e. The number of carbonyl (C=O) groups is 1. The lowest BCUT2D eigenvalue weighted by molar-refractivity contribution is 0.100. The van der Waals surface area contributed by atoms with Gasteiger partial charge in [-0.15, -0.1) is 0 Å². The molecule has 0 fully saturated rings. The van der Waals surface area contributed by atoms with Crippen molar-refractivity contribution < 1.29 is 10.0 Å². The molecule has 1 aromatic rings. The Labute approximate surface area is 69.3 Å². The maximum absolute atomic E-state index is 10.6. The molecule has 0 radical (unpaired) electrons. The highest BCUT2D eigenvalue weighted by Crippen LogP contribution is 2.00. The molecule has 0 unspecified atom stereocenters. The highest BCUT2D eigenvalue weighted by Gasteiger charge is 1.97. The van der Waals surface area contributed by atoms with Gasteiger partial charge >= 0.3 is 0 Å². The Hall–Kier alpha value is -1.84. The molecule has 0 saturated carbocycles. The van der Waals surface area contributed by atoms with Gasteiger partial charge in [0.25, 0.3) is 0 Å². The third kappa shape index (κ3) is 1.82. The molecule has 0 aliphatic rings. The second-order valence-electron chi connectivity index (χ2n) is 2.23. The van der Waals surface area contributed by atoms with E-state index in [0.717, 1.165) is 0 Å². The number of oxime groups is 1. The third-order valence-corrected chi connectivity index (χ3v) is 1.40. The predicted molar refractivity (Wildman–Crippen MR) is 44.3 cm³/mol. The third-order valence-electron chi connectivity index (χ3n) is 1.40. The molecule has 1 aromatic carbocycles. The van der Waals surface area contributed by atoms with E-state index in [1.807, 2.05) is 0 Å². The van der Waals surface area contributed by atoms with Crippen molar-refractivity contribution >= 4 is 12.1 Å². The first-order valence-corrected chi connectivity index (χ1v) is 3.31. The standard InChI is InChI=1S/C8H8N2O2/c9-8(11)7-3-1-6(2-4-7)5-10-12/h1-5,12H,(H2,9,11). The van der Waals surface area contributed by atoms with Crippen molar-refractivity contribution in [1.29, 1.82) is 0 Å². The van der Waals surface area contributed by atoms with E-state index in [0.29, 0.717) is 11.1 Å². The molecule has 0 aliphatic carbocycles. The molecule has 0 heterocycles. The fraction of sp³-hybridized carbons (Fsp3) is 0. The lowest BCUT2D eigenvalue weighted by Gasteiger charge is -1.94. The normalized spacial score (nSPS) is 10.3. The second-order valence-corrected chi connectivity index (χ2v) is 2.23. The van der Waals surface area contributed by atoms with Gasteiger partial charge in [0.2, 0.25) is 5.91 Å². The molecule has 1 rings (SSSR count). The SMILES string of the molecule is NC(=O)c1ccc(C=NO)cc1. The molecular formula is C8H8N2O2. The average molecular weight is 164 g/mol. The number of carbonyl (C=O) groups excluding carboxylic acids is 1. The Morgan fingerprint density at radius 3 is 2.42 bits per heavy atom. The summed E-state index contributed by atoms with van der Waals surface area (Å²) in [6.07, 6.45) is 1.27. The van der Waals surface area contributed by atoms with Gasteiger partial charge in [-0.05, 0) is 17.7 Å². The molecule has 0 saturated heterocycles. The van der Waals surface area contributed by atoms with Gasteiger partial charge in [0, 0.05) is 5.56 Å². The van der Waals surface area contributed by atoms with Crippen LogP contribution in [-0.2, 0) is 0 Å². The fourth-order valence-corrected chi connectivity index (χ4v) is 0.800. The summed E-state index contributed by atoms with van der Waals surface area (Å²) in [5.41, 5.74) is 6.16. The Bertz CT molecular complexity index is 303. The molecule has 1 amide bonds. The van der Waals surface area contributed by atoms with E-state index in [1.54, 1.807) is 24.3 Å². The van der Waals surface area contributed by atoms with Crippen LogP contribution in [-0.4, -0.2) is 17.3 Å². The van der Waals surface area contributed by atoms with Crippen LogP contribution in [0.3, 0.4) is 0 Å². The van der Waals surface area contributed by atoms with Gasteiger partial charge in [0.15, 0.2) is 0 Å². The van der Waals surface area contributed by atoms with Crippen LogP contribution in [0.25, 0.3) is 0 Å². The number of amides is 1. The van der Waals surface area contributed by atoms with Gasteiger partial charge < -0.3 is 10.9 Å². The molecule has 4 nitrogen and oxygen atoms in total. The largest absolute Gasteiger partial charge is 0.411 e. The highest BCUT2D eigenvalue weighted by molar-refractivity contribution is 5.93. The Morgan fingerprint density at radius 2 is 2.00 bits per heavy atom. The first-order valence-electron chi connectivity index (χ1n) is 3.31. The van der Waals surface area contributed by atoms with Crippen molar-refractivity contribution in [2.45, 2.75) is 0 Å². The van der Waals surface area contributed by atoms with E-state index < -0.39 is 5.91 Å². The van der Waals surface area contributed by atoms with Crippen LogP contribution >= 0.6 is 0 Å². The first kappa shape index (κ1) is 8.26. The Morgan fingerprint density at radius 1 is 1.42 bits per heavy atom. The molecule has 0 spiro atoms. The molecule has 0 aromatic heterocycles. The molecule has 4 heteroatoms. The summed E-state index contributed by atoms with van der Waals surface area (Å²) in [4.78, 5) is 10.6. The first-order chi connectivity index (χ1) is 5.74. The minimum Gasteiger partial charge on any atom is -0.411 e. The minimum atomic E-state index is -0.470. The lowest BCUT2D eigenvalue weighted by Crippen LogP contribution is -2.10. The summed E-state index contributed by atoms with van der Waals surface area (Å²) in [5, 5.41) is 11.0. The lowest BCUT2D eigenvalue weighted by atomic mass is 10.1. The highest BCUT2D eigenvalue weighted by atomic mass is 16.4. The number of hydrogen-bond donors (Lipinski definition) is 2. The number of benzene rings is 1. The topological polar surface area (TPSA) is 75.7 Å². The van der Waals surface area contributed by atoms with Gasteiger partial charge in [0.1, 0.15) is 0 Å². The fourth-order valence-electron chi connectivity index (χ4n) is 0.800. The summed E-state index contributed by atoms with van der Waals surface area (Å²) in [6, 6.07) is 6.42. The zero-order valence-corrected chi connectivity index (χ0v) is 6.27. The van der Waals surface area contributed by atoms with E-state index in [1.165, 1.54) is 6.21 Å². The Balaban J connectivity index is 2.93. The molecule has 0 atom stereocenters. The van der Waals surface area contributed by atoms with Crippen LogP contribution in [0.2, 0.25) is 0 Å². The summed E-state index contributed by atoms with van der Waals surface area (Å²) in [5.74, 6) is -0.470. The molecule has 62 valence electrons. The Kier molecular flexibility index (Phi) is 2.42. The maximum atomic E-state index is 10.6. The zero-order chi connectivity index (χ0) is 8.97. The van der Waals surface area contributed by atoms with Crippen molar-refractivity contribution in [2.75, 3.05) is 0 Å². The van der Waals surface area contributed by atoms with Crippen LogP contribution in [0.5, 0.6) is 0 Å². The molecule has 3 N–H and O–H groups in total. The number of nitrogens with two attached hydrogens (primary N) is 1. The van der Waals surface area contributed by atoms with Crippen molar-refractivity contribution in [3.8, 4) is 0 Å². The second kappa shape index (κ2) is 3.52. The number of primary amides is 1. The van der Waals surface area contributed by atoms with Crippen LogP contribution < -0.4 is 5.73 Å². The summed E-state index contributed by atoms with van der Waals surface area (Å²) in [7, 11) is 0. The summed E-state index contributed by atoms with van der Waals surface area (Å²) >= 11 is 0. The van der Waals surface area contributed by atoms with Gasteiger partial charge in [-0.1, -0.05) is 17.3 Å². The number of hydrogen-bond acceptors (Lipinski definition) is 3. The quantitative estimate of drug-likeness (QED) is 0.381. The van der Waals surface area contributed by atoms with Crippen LogP contribution in [0, 0.1) is 0 Å². The van der Waals surface area contributed by atoms with Crippen LogP contribution in [0.4, 0.5) is 0 Å². The van der Waals surface area contributed by atoms with Crippen molar-refractivity contribution in [1.82, 2.24) is 0 Å². The number of nitrogens with zero attached hydrogens (tertiary/aromatic N) is 1. The van der Waals surface area contributed by atoms with Crippen molar-refractivity contribution in [3.05, 3.63) is 35.4 Å². The molecular weight excluding hydrogens is 156 g/mol. The van der Waals surface area contributed by atoms with Crippen molar-refractivity contribution in [3.63, 3.8) is 0 Å². The zero-order valence-electron chi connectivity index (χ0n) is 6.27. The van der Waals surface area contributed by atoms with E-state index in [4.69, 9.17) is 10.9 Å². The van der Waals surface area contributed by atoms with Crippen LogP contribution in [0.1, 0.15) is 15.9 Å². The van der Waals surface area contributed by atoms with Gasteiger partial charge in [0.05, 0.1) is 6.21 Å². The van der Waals surface area contributed by atoms with E-state index >= 15 is 0 Å². The summed E-state index contributed by atoms with van der Waals surface area (Å²) in [6.45, 7) is 0. The maximum Gasteiger partial charge on any atom is 0.248 e. The monoisotopic (exact) mass is 164 g/mol. The average Bonchev–Trinajstić information content (AvgIpc) is 2.06. The predicted octanol–water partition coefficient (Wildman–Crippen LogP) is 0.594. The van der Waals surface area contributed by atoms with Crippen LogP contribution in [0.15, 0.2) is 29.4 Å². The van der Waals surface area contributed by atoms with E-state index in [9.17, 15) is 4.79 Å². The van der Waals surface area contributed by atoms with Gasteiger partial charge in [-0.2, -0.15) is 0 Å². The van der Waals surface area contributed by atoms with E-state index in [-0.39, 0.29) is 0 Å². The summed E-state index contributed by atoms with van der Waals surface area (Å²) < 4.78 is 0.